The molecule has 1 aromatic carbocycles. The van der Waals surface area contributed by atoms with Gasteiger partial charge in [0.25, 0.3) is 5.91 Å². The molecule has 2 unspecified atom stereocenters. The van der Waals surface area contributed by atoms with Crippen LogP contribution in [0.1, 0.15) is 47.8 Å². The second-order valence-electron chi connectivity index (χ2n) is 9.35. The van der Waals surface area contributed by atoms with Gasteiger partial charge in [-0.1, -0.05) is 24.6 Å². The first-order valence-corrected chi connectivity index (χ1v) is 13.0. The first-order valence-electron chi connectivity index (χ1n) is 11.1. The molecule has 0 spiro atoms. The van der Waals surface area contributed by atoms with Gasteiger partial charge in [0, 0.05) is 19.0 Å². The van der Waals surface area contributed by atoms with Crippen molar-refractivity contribution in [2.45, 2.75) is 31.6 Å². The van der Waals surface area contributed by atoms with Gasteiger partial charge in [-0.2, -0.15) is 5.10 Å². The van der Waals surface area contributed by atoms with Gasteiger partial charge < -0.3 is 4.90 Å². The highest BCUT2D eigenvalue weighted by molar-refractivity contribution is 7.89. The molecule has 1 N–H and O–H groups in total. The molecular formula is C23H25N5O3S. The number of benzene rings is 1. The number of pyridine rings is 1. The molecule has 3 aliphatic rings. The molecule has 2 aromatic heterocycles. The molecule has 1 saturated heterocycles. The fourth-order valence-corrected chi connectivity index (χ4v) is 5.46. The van der Waals surface area contributed by atoms with Crippen molar-refractivity contribution in [3.05, 3.63) is 47.8 Å². The molecule has 3 aromatic rings. The molecular weight excluding hydrogens is 426 g/mol. The Balaban J connectivity index is 1.58. The highest BCUT2D eigenvalue weighted by atomic mass is 32.2. The van der Waals surface area contributed by atoms with Crippen LogP contribution in [0.15, 0.2) is 36.4 Å². The molecule has 9 heteroatoms. The number of piperidine rings is 1. The van der Waals surface area contributed by atoms with E-state index in [0.717, 1.165) is 54.6 Å². The molecule has 2 atom stereocenters. The molecule has 2 aliphatic carbocycles. The minimum atomic E-state index is -3.70. The summed E-state index contributed by atoms with van der Waals surface area (Å²) in [5.41, 5.74) is 3.55. The minimum Gasteiger partial charge on any atom is -0.370 e. The molecule has 166 valence electrons. The second-order valence-corrected chi connectivity index (χ2v) is 11.1. The van der Waals surface area contributed by atoms with Gasteiger partial charge in [0.1, 0.15) is 5.69 Å². The summed E-state index contributed by atoms with van der Waals surface area (Å²) < 4.78 is 27.3. The third-order valence-electron chi connectivity index (χ3n) is 6.97. The lowest BCUT2D eigenvalue weighted by Crippen LogP contribution is -2.30. The van der Waals surface area contributed by atoms with E-state index in [2.05, 4.69) is 14.6 Å². The monoisotopic (exact) mass is 451 g/mol. The predicted octanol–water partition coefficient (Wildman–Crippen LogP) is 2.83. The number of hydrogen-bond acceptors (Lipinski definition) is 6. The van der Waals surface area contributed by atoms with E-state index in [1.54, 1.807) is 10.7 Å². The maximum Gasteiger partial charge on any atom is 0.283 e. The van der Waals surface area contributed by atoms with Crippen molar-refractivity contribution in [3.63, 3.8) is 0 Å². The van der Waals surface area contributed by atoms with E-state index in [1.165, 1.54) is 12.8 Å². The van der Waals surface area contributed by atoms with Gasteiger partial charge in [0.05, 0.1) is 28.7 Å². The smallest absolute Gasteiger partial charge is 0.283 e. The number of aromatic nitrogens is 3. The van der Waals surface area contributed by atoms with E-state index in [4.69, 9.17) is 5.10 Å². The van der Waals surface area contributed by atoms with Crippen LogP contribution in [-0.4, -0.2) is 48.4 Å². The molecule has 3 fully saturated rings. The Morgan fingerprint density at radius 1 is 1.12 bits per heavy atom. The number of fused-ring (bicyclic) bond motifs is 2. The normalized spacial score (nSPS) is 22.6. The van der Waals surface area contributed by atoms with Crippen molar-refractivity contribution in [2.24, 2.45) is 11.8 Å². The number of nitrogens with one attached hydrogen (secondary N) is 1. The summed E-state index contributed by atoms with van der Waals surface area (Å²) in [6.45, 7) is 1.91. The van der Waals surface area contributed by atoms with Gasteiger partial charge in [-0.05, 0) is 49.3 Å². The van der Waals surface area contributed by atoms with Crippen LogP contribution in [0.2, 0.25) is 0 Å². The molecule has 1 aliphatic heterocycles. The Morgan fingerprint density at radius 3 is 2.47 bits per heavy atom. The van der Waals surface area contributed by atoms with Gasteiger partial charge in [-0.25, -0.2) is 22.8 Å². The Morgan fingerprint density at radius 2 is 1.84 bits per heavy atom. The third-order valence-corrected chi connectivity index (χ3v) is 7.52. The lowest BCUT2D eigenvalue weighted by atomic mass is 9.82. The van der Waals surface area contributed by atoms with Crippen molar-refractivity contribution in [1.29, 1.82) is 0 Å². The Kier molecular flexibility index (Phi) is 4.33. The van der Waals surface area contributed by atoms with Crippen LogP contribution in [0.25, 0.3) is 16.7 Å². The number of amides is 1. The average molecular weight is 452 g/mol. The fourth-order valence-electron chi connectivity index (χ4n) is 5.02. The van der Waals surface area contributed by atoms with Crippen molar-refractivity contribution in [3.8, 4) is 5.69 Å². The minimum absolute atomic E-state index is 0.0933. The van der Waals surface area contributed by atoms with Gasteiger partial charge >= 0.3 is 0 Å². The number of rotatable bonds is 5. The zero-order valence-corrected chi connectivity index (χ0v) is 18.7. The summed E-state index contributed by atoms with van der Waals surface area (Å²) in [6, 6.07) is 11.5. The van der Waals surface area contributed by atoms with Gasteiger partial charge in [0.15, 0.2) is 5.65 Å². The molecule has 0 radical (unpaired) electrons. The van der Waals surface area contributed by atoms with E-state index >= 15 is 0 Å². The zero-order valence-electron chi connectivity index (χ0n) is 17.9. The quantitative estimate of drug-likeness (QED) is 0.641. The van der Waals surface area contributed by atoms with Crippen molar-refractivity contribution >= 4 is 32.7 Å². The summed E-state index contributed by atoms with van der Waals surface area (Å²) in [6.07, 6.45) is 5.63. The highest BCUT2D eigenvalue weighted by Crippen LogP contribution is 2.49. The summed E-state index contributed by atoms with van der Waals surface area (Å²) in [5, 5.41) is 5.99. The summed E-state index contributed by atoms with van der Waals surface area (Å²) in [5.74, 6) is 1.09. The average Bonchev–Trinajstić information content (AvgIpc) is 3.15. The van der Waals surface area contributed by atoms with Crippen LogP contribution in [-0.2, 0) is 10.0 Å². The van der Waals surface area contributed by atoms with Crippen LogP contribution < -0.4 is 9.62 Å². The predicted molar refractivity (Wildman–Crippen MR) is 122 cm³/mol. The number of carbonyl (C=O) groups is 1. The zero-order chi connectivity index (χ0) is 22.0. The largest absolute Gasteiger partial charge is 0.370 e. The maximum atomic E-state index is 12.8. The van der Waals surface area contributed by atoms with Crippen LogP contribution in [0.3, 0.4) is 0 Å². The number of nitrogens with zero attached hydrogens (tertiary/aromatic N) is 4. The topological polar surface area (TPSA) is 97.2 Å². The number of sulfonamides is 1. The Labute approximate surface area is 186 Å². The number of para-hydroxylation sites is 1. The molecule has 0 bridgehead atoms. The van der Waals surface area contributed by atoms with Crippen molar-refractivity contribution in [1.82, 2.24) is 19.5 Å². The molecule has 6 rings (SSSR count). The van der Waals surface area contributed by atoms with Gasteiger partial charge in [-0.15, -0.1) is 0 Å². The maximum absolute atomic E-state index is 12.8. The molecule has 32 heavy (non-hydrogen) atoms. The lowest BCUT2D eigenvalue weighted by Gasteiger charge is -2.26. The SMILES string of the molecule is CS(=O)(=O)NC(=O)c1cc(N2CC3CC3C2)c2c(C3CCC3)nn(-c3ccccc3)c2n1. The first-order chi connectivity index (χ1) is 15.4. The van der Waals surface area contributed by atoms with Gasteiger partial charge in [0.2, 0.25) is 10.0 Å². The van der Waals surface area contributed by atoms with E-state index in [-0.39, 0.29) is 5.69 Å². The molecule has 3 heterocycles. The van der Waals surface area contributed by atoms with Gasteiger partial charge in [-0.3, -0.25) is 4.79 Å². The van der Waals surface area contributed by atoms with E-state index < -0.39 is 15.9 Å². The second kappa shape index (κ2) is 7.03. The highest BCUT2D eigenvalue weighted by Gasteiger charge is 2.46. The number of hydrogen-bond donors (Lipinski definition) is 1. The van der Waals surface area contributed by atoms with Crippen LogP contribution in [0.5, 0.6) is 0 Å². The third kappa shape index (κ3) is 3.35. The Hall–Kier alpha value is -2.94. The number of anilines is 1. The van der Waals surface area contributed by atoms with E-state index in [0.29, 0.717) is 23.4 Å². The summed E-state index contributed by atoms with van der Waals surface area (Å²) in [7, 11) is -3.70. The van der Waals surface area contributed by atoms with Crippen molar-refractivity contribution < 1.29 is 13.2 Å². The van der Waals surface area contributed by atoms with Crippen molar-refractivity contribution in [2.75, 3.05) is 24.2 Å². The summed E-state index contributed by atoms with van der Waals surface area (Å²) >= 11 is 0. The fraction of sp³-hybridized carbons (Fsp3) is 0.435. The summed E-state index contributed by atoms with van der Waals surface area (Å²) in [4.78, 5) is 19.8. The van der Waals surface area contributed by atoms with Crippen LogP contribution in [0.4, 0.5) is 5.69 Å². The standard InChI is InChI=1S/C23H25N5O3S/c1-32(30,31)26-23(29)18-11-19(27-12-15-10-16(15)13-27)20-21(14-6-5-7-14)25-28(22(20)24-18)17-8-3-2-4-9-17/h2-4,8-9,11,14-16H,5-7,10,12-13H2,1H3,(H,26,29). The molecule has 2 saturated carbocycles. The lowest BCUT2D eigenvalue weighted by molar-refractivity contribution is 0.0977. The van der Waals surface area contributed by atoms with E-state index in [9.17, 15) is 13.2 Å². The molecule has 8 nitrogen and oxygen atoms in total. The number of carbonyl (C=O) groups excluding carboxylic acids is 1. The van der Waals surface area contributed by atoms with Crippen LogP contribution >= 0.6 is 0 Å². The first kappa shape index (κ1) is 19.7. The van der Waals surface area contributed by atoms with E-state index in [1.807, 2.05) is 30.3 Å². The Bertz CT molecular complexity index is 1320. The molecule has 1 amide bonds. The van der Waals surface area contributed by atoms with Crippen LogP contribution in [0, 0.1) is 11.8 Å².